The number of hydrogen-bond acceptors (Lipinski definition) is 5. The molecule has 0 saturated carbocycles. The summed E-state index contributed by atoms with van der Waals surface area (Å²) >= 11 is 0. The molecule has 0 spiro atoms. The lowest BCUT2D eigenvalue weighted by molar-refractivity contribution is 0.467. The van der Waals surface area contributed by atoms with Gasteiger partial charge in [-0.3, -0.25) is 0 Å². The first-order valence-electron chi connectivity index (χ1n) is 4.67. The van der Waals surface area contributed by atoms with Crippen LogP contribution >= 0.6 is 0 Å². The van der Waals surface area contributed by atoms with Crippen molar-refractivity contribution in [2.45, 2.75) is 12.8 Å². The van der Waals surface area contributed by atoms with Crippen molar-refractivity contribution in [3.05, 3.63) is 39.1 Å². The predicted molar refractivity (Wildman–Crippen MR) is 56.8 cm³/mol. The second kappa shape index (κ2) is 5.85. The maximum Gasteiger partial charge on any atom is 0.119 e. The van der Waals surface area contributed by atoms with Crippen LogP contribution in [0.15, 0.2) is 28.6 Å². The Morgan fingerprint density at radius 3 is 2.40 bits per heavy atom. The lowest BCUT2D eigenvalue weighted by Gasteiger charge is -2.08. The molecule has 0 radical (unpaired) electrons. The third-order valence-corrected chi connectivity index (χ3v) is 2.17. The molecule has 0 unspecified atom stereocenters. The Balaban J connectivity index is 2.86. The van der Waals surface area contributed by atoms with Crippen molar-refractivity contribution in [1.82, 2.24) is 0 Å². The van der Waals surface area contributed by atoms with Crippen LogP contribution < -0.4 is 0 Å². The van der Waals surface area contributed by atoms with E-state index in [2.05, 4.69) is 10.4 Å². The van der Waals surface area contributed by atoms with Gasteiger partial charge in [0.15, 0.2) is 0 Å². The second-order valence-electron chi connectivity index (χ2n) is 3.12. The number of hydrogen-bond donors (Lipinski definition) is 1. The van der Waals surface area contributed by atoms with Crippen LogP contribution in [0.5, 0.6) is 5.75 Å². The van der Waals surface area contributed by atoms with Gasteiger partial charge in [0.2, 0.25) is 0 Å². The number of phenols is 1. The van der Waals surface area contributed by atoms with E-state index in [9.17, 15) is 14.9 Å². The Morgan fingerprint density at radius 1 is 1.07 bits per heavy atom. The van der Waals surface area contributed by atoms with E-state index in [1.165, 1.54) is 0 Å². The molecule has 1 N–H and O–H groups in total. The minimum absolute atomic E-state index is 0.124. The summed E-state index contributed by atoms with van der Waals surface area (Å²) in [6.07, 6.45) is 0.871. The Morgan fingerprint density at radius 2 is 1.73 bits per heavy atom. The fourth-order valence-corrected chi connectivity index (χ4v) is 1.47. The van der Waals surface area contributed by atoms with Gasteiger partial charge in [-0.15, -0.1) is 0 Å². The largest absolute Gasteiger partial charge is 0.508 e. The van der Waals surface area contributed by atoms with E-state index >= 15 is 0 Å². The lowest BCUT2D eigenvalue weighted by atomic mass is 10.0. The van der Waals surface area contributed by atoms with Gasteiger partial charge >= 0.3 is 0 Å². The van der Waals surface area contributed by atoms with Crippen molar-refractivity contribution in [2.24, 2.45) is 10.4 Å². The highest BCUT2D eigenvalue weighted by atomic mass is 16.3. The molecule has 1 aromatic carbocycles. The number of nitrogens with zero attached hydrogens (tertiary/aromatic N) is 2. The molecule has 80 valence electrons. The molecule has 5 heteroatoms. The van der Waals surface area contributed by atoms with E-state index < -0.39 is 0 Å². The molecule has 0 saturated heterocycles. The van der Waals surface area contributed by atoms with Crippen molar-refractivity contribution in [1.29, 1.82) is 0 Å². The smallest absolute Gasteiger partial charge is 0.119 e. The van der Waals surface area contributed by atoms with Gasteiger partial charge in [0.1, 0.15) is 5.75 Å². The highest BCUT2D eigenvalue weighted by Gasteiger charge is 2.07. The fourth-order valence-electron chi connectivity index (χ4n) is 1.47. The molecule has 1 rings (SSSR count). The number of benzene rings is 1. The lowest BCUT2D eigenvalue weighted by Crippen LogP contribution is -1.99. The number of phenolic OH excluding ortho intramolecular Hbond substituents is 1. The van der Waals surface area contributed by atoms with E-state index in [-0.39, 0.29) is 18.8 Å². The summed E-state index contributed by atoms with van der Waals surface area (Å²) < 4.78 is 0. The molecule has 1 aromatic rings. The average Bonchev–Trinajstić information content (AvgIpc) is 2.25. The molecule has 0 aliphatic heterocycles. The van der Waals surface area contributed by atoms with Gasteiger partial charge in [0.25, 0.3) is 0 Å². The van der Waals surface area contributed by atoms with Gasteiger partial charge in [-0.25, -0.2) is 0 Å². The summed E-state index contributed by atoms with van der Waals surface area (Å²) in [5, 5.41) is 15.1. The zero-order valence-corrected chi connectivity index (χ0v) is 8.22. The predicted octanol–water partition coefficient (Wildman–Crippen LogP) is 2.01. The van der Waals surface area contributed by atoms with Crippen LogP contribution in [0.2, 0.25) is 0 Å². The standard InChI is InChI=1S/C10H12N2O3/c13-10-3-1-2-8(4-6-11-14)9(10)5-7-12-15/h1-3,13H,4-7H2. The molecule has 0 fully saturated rings. The maximum atomic E-state index is 10.0. The quantitative estimate of drug-likeness (QED) is 0.726. The van der Waals surface area contributed by atoms with Gasteiger partial charge in [-0.2, -0.15) is 9.81 Å². The van der Waals surface area contributed by atoms with E-state index in [0.29, 0.717) is 18.4 Å². The first-order chi connectivity index (χ1) is 7.29. The third-order valence-electron chi connectivity index (χ3n) is 2.17. The summed E-state index contributed by atoms with van der Waals surface area (Å²) in [5.41, 5.74) is 1.53. The van der Waals surface area contributed by atoms with Crippen LogP contribution in [0.4, 0.5) is 0 Å². The van der Waals surface area contributed by atoms with Crippen molar-refractivity contribution < 1.29 is 5.11 Å². The molecular weight excluding hydrogens is 196 g/mol. The summed E-state index contributed by atoms with van der Waals surface area (Å²) in [6, 6.07) is 5.07. The highest BCUT2D eigenvalue weighted by Crippen LogP contribution is 2.22. The molecule has 0 aromatic heterocycles. The zero-order chi connectivity index (χ0) is 11.1. The van der Waals surface area contributed by atoms with Crippen LogP contribution in [0.3, 0.4) is 0 Å². The number of nitroso groups, excluding NO2 is 2. The Kier molecular flexibility index (Phi) is 4.40. The first kappa shape index (κ1) is 11.3. The molecular formula is C10H12N2O3. The Labute approximate surface area is 87.1 Å². The monoisotopic (exact) mass is 208 g/mol. The number of aromatic hydroxyl groups is 1. The Bertz CT molecular complexity index is 353. The molecule has 0 bridgehead atoms. The van der Waals surface area contributed by atoms with E-state index in [1.807, 2.05) is 6.07 Å². The van der Waals surface area contributed by atoms with Crippen LogP contribution in [-0.2, 0) is 12.8 Å². The Hall–Kier alpha value is -1.78. The fraction of sp³-hybridized carbons (Fsp3) is 0.400. The third kappa shape index (κ3) is 3.12. The van der Waals surface area contributed by atoms with Crippen LogP contribution in [0.1, 0.15) is 11.1 Å². The minimum atomic E-state index is 0.124. The molecule has 0 aliphatic carbocycles. The van der Waals surface area contributed by atoms with Crippen molar-refractivity contribution in [2.75, 3.05) is 13.1 Å². The molecule has 5 nitrogen and oxygen atoms in total. The first-order valence-corrected chi connectivity index (χ1v) is 4.67. The van der Waals surface area contributed by atoms with Crippen molar-refractivity contribution in [3.63, 3.8) is 0 Å². The van der Waals surface area contributed by atoms with Crippen molar-refractivity contribution in [3.8, 4) is 5.75 Å². The SMILES string of the molecule is O=NCCc1cccc(O)c1CCN=O. The summed E-state index contributed by atoms with van der Waals surface area (Å²) in [7, 11) is 0. The minimum Gasteiger partial charge on any atom is -0.508 e. The van der Waals surface area contributed by atoms with Crippen LogP contribution in [-0.4, -0.2) is 18.2 Å². The van der Waals surface area contributed by atoms with Crippen LogP contribution in [0.25, 0.3) is 0 Å². The van der Waals surface area contributed by atoms with Gasteiger partial charge in [-0.05, 0) is 30.0 Å². The second-order valence-corrected chi connectivity index (χ2v) is 3.12. The molecule has 0 aliphatic rings. The van der Waals surface area contributed by atoms with Crippen molar-refractivity contribution >= 4 is 0 Å². The summed E-state index contributed by atoms with van der Waals surface area (Å²) in [4.78, 5) is 20.0. The average molecular weight is 208 g/mol. The van der Waals surface area contributed by atoms with Gasteiger partial charge in [-0.1, -0.05) is 22.5 Å². The van der Waals surface area contributed by atoms with Gasteiger partial charge in [0, 0.05) is 0 Å². The molecule has 15 heavy (non-hydrogen) atoms. The number of rotatable bonds is 6. The van der Waals surface area contributed by atoms with Gasteiger partial charge < -0.3 is 5.11 Å². The van der Waals surface area contributed by atoms with E-state index in [0.717, 1.165) is 5.56 Å². The molecule has 0 heterocycles. The summed E-state index contributed by atoms with van der Waals surface area (Å²) in [6.45, 7) is 0.296. The normalized spacial score (nSPS) is 9.87. The van der Waals surface area contributed by atoms with E-state index in [4.69, 9.17) is 0 Å². The van der Waals surface area contributed by atoms with Gasteiger partial charge in [0.05, 0.1) is 13.1 Å². The zero-order valence-electron chi connectivity index (χ0n) is 8.22. The summed E-state index contributed by atoms with van der Waals surface area (Å²) in [5.74, 6) is 0.141. The highest BCUT2D eigenvalue weighted by molar-refractivity contribution is 5.39. The van der Waals surface area contributed by atoms with E-state index in [1.54, 1.807) is 12.1 Å². The maximum absolute atomic E-state index is 10.0. The molecule has 0 atom stereocenters. The topological polar surface area (TPSA) is 79.1 Å². The van der Waals surface area contributed by atoms with Crippen LogP contribution in [0, 0.1) is 9.81 Å². The molecule has 0 amide bonds.